The van der Waals surface area contributed by atoms with E-state index >= 15 is 0 Å². The Morgan fingerprint density at radius 2 is 1.89 bits per heavy atom. The summed E-state index contributed by atoms with van der Waals surface area (Å²) in [5.41, 5.74) is 7.77. The number of carboxylic acid groups (broad SMARTS) is 1. The molecule has 0 saturated heterocycles. The van der Waals surface area contributed by atoms with E-state index in [1.54, 1.807) is 11.3 Å². The summed E-state index contributed by atoms with van der Waals surface area (Å²) in [6.07, 6.45) is -2.18. The van der Waals surface area contributed by atoms with Crippen molar-refractivity contribution in [3.8, 4) is 34.0 Å². The number of aliphatic carboxylic acids is 1. The SMILES string of the molecule is Cc1ncc2c(c1-c1noc(-c3csc(C)c3-c3ccccc3)n1)CCNC2.O=C(O)C(F)(F)F. The van der Waals surface area contributed by atoms with E-state index in [1.165, 1.54) is 16.0 Å². The van der Waals surface area contributed by atoms with Crippen molar-refractivity contribution < 1.29 is 27.6 Å². The molecule has 1 aromatic carbocycles. The molecule has 0 radical (unpaired) electrons. The zero-order chi connectivity index (χ0) is 25.2. The average Bonchev–Trinajstić information content (AvgIpc) is 3.46. The number of aromatic nitrogens is 3. The van der Waals surface area contributed by atoms with Gasteiger partial charge in [-0.15, -0.1) is 11.3 Å². The second kappa shape index (κ2) is 9.96. The fraction of sp³-hybridized carbons (Fsp3) is 0.250. The third-order valence-electron chi connectivity index (χ3n) is 5.49. The molecule has 5 rings (SSSR count). The van der Waals surface area contributed by atoms with Crippen LogP contribution >= 0.6 is 11.3 Å². The minimum absolute atomic E-state index is 0.559. The molecule has 0 fully saturated rings. The molecule has 0 atom stereocenters. The molecule has 0 aliphatic carbocycles. The molecule has 4 heterocycles. The molecule has 1 aliphatic heterocycles. The Bertz CT molecular complexity index is 1350. The first-order chi connectivity index (χ1) is 16.7. The third-order valence-corrected chi connectivity index (χ3v) is 6.40. The lowest BCUT2D eigenvalue weighted by atomic mass is 9.95. The summed E-state index contributed by atoms with van der Waals surface area (Å²) in [5, 5.41) is 17.0. The molecule has 0 unspecified atom stereocenters. The number of pyridine rings is 1. The highest BCUT2D eigenvalue weighted by atomic mass is 32.1. The first kappa shape index (κ1) is 24.6. The van der Waals surface area contributed by atoms with Crippen LogP contribution in [0.25, 0.3) is 34.0 Å². The quantitative estimate of drug-likeness (QED) is 0.386. The van der Waals surface area contributed by atoms with Crippen LogP contribution in [0.5, 0.6) is 0 Å². The third kappa shape index (κ3) is 5.25. The standard InChI is InChI=1S/C22H20N4OS.C2HF3O2/c1-13-19(17-8-9-23-10-16(17)11-24-13)21-25-22(27-26-21)18-12-28-14(2)20(18)15-6-4-3-5-7-15;3-2(4,5)1(6)7/h3-7,11-12,23H,8-10H2,1-2H3;(H,6,7). The minimum atomic E-state index is -5.08. The van der Waals surface area contributed by atoms with Crippen LogP contribution in [0.15, 0.2) is 46.4 Å². The van der Waals surface area contributed by atoms with Gasteiger partial charge in [0.25, 0.3) is 5.89 Å². The van der Waals surface area contributed by atoms with Crippen LogP contribution in [-0.2, 0) is 17.8 Å². The highest BCUT2D eigenvalue weighted by molar-refractivity contribution is 7.11. The number of rotatable bonds is 3. The predicted octanol–water partition coefficient (Wildman–Crippen LogP) is 5.42. The molecular weight excluding hydrogens is 481 g/mol. The Labute approximate surface area is 202 Å². The molecule has 3 aromatic heterocycles. The maximum Gasteiger partial charge on any atom is 0.490 e. The summed E-state index contributed by atoms with van der Waals surface area (Å²) in [5.74, 6) is -1.57. The highest BCUT2D eigenvalue weighted by Gasteiger charge is 2.38. The van der Waals surface area contributed by atoms with Gasteiger partial charge < -0.3 is 14.9 Å². The van der Waals surface area contributed by atoms with Crippen molar-refractivity contribution in [2.24, 2.45) is 0 Å². The lowest BCUT2D eigenvalue weighted by Gasteiger charge is -2.19. The molecular formula is C24H21F3N4O3S. The van der Waals surface area contributed by atoms with Crippen LogP contribution in [0.1, 0.15) is 21.7 Å². The van der Waals surface area contributed by atoms with Crippen molar-refractivity contribution in [3.05, 3.63) is 63.6 Å². The minimum Gasteiger partial charge on any atom is -0.475 e. The Kier molecular flexibility index (Phi) is 6.99. The van der Waals surface area contributed by atoms with E-state index in [0.717, 1.165) is 47.5 Å². The average molecular weight is 503 g/mol. The molecule has 1 aliphatic rings. The van der Waals surface area contributed by atoms with Crippen molar-refractivity contribution in [1.82, 2.24) is 20.4 Å². The Morgan fingerprint density at radius 1 is 1.17 bits per heavy atom. The van der Waals surface area contributed by atoms with Gasteiger partial charge in [0.1, 0.15) is 0 Å². The molecule has 0 spiro atoms. The number of fused-ring (bicyclic) bond motifs is 1. The number of nitrogens with zero attached hydrogens (tertiary/aromatic N) is 3. The molecule has 0 amide bonds. The summed E-state index contributed by atoms with van der Waals surface area (Å²) in [6.45, 7) is 5.93. The number of hydrogen-bond acceptors (Lipinski definition) is 7. The van der Waals surface area contributed by atoms with Gasteiger partial charge in [0.15, 0.2) is 0 Å². The van der Waals surface area contributed by atoms with Gasteiger partial charge in [-0.3, -0.25) is 4.98 Å². The van der Waals surface area contributed by atoms with Gasteiger partial charge in [0.05, 0.1) is 5.56 Å². The second-order valence-corrected chi connectivity index (χ2v) is 8.91. The normalized spacial score (nSPS) is 13.1. The largest absolute Gasteiger partial charge is 0.490 e. The summed E-state index contributed by atoms with van der Waals surface area (Å²) in [6, 6.07) is 10.4. The lowest BCUT2D eigenvalue weighted by molar-refractivity contribution is -0.192. The van der Waals surface area contributed by atoms with Crippen LogP contribution < -0.4 is 5.32 Å². The van der Waals surface area contributed by atoms with Gasteiger partial charge in [0, 0.05) is 39.8 Å². The molecule has 2 N–H and O–H groups in total. The van der Waals surface area contributed by atoms with Crippen molar-refractivity contribution >= 4 is 17.3 Å². The predicted molar refractivity (Wildman–Crippen MR) is 125 cm³/mol. The Hall–Kier alpha value is -3.57. The summed E-state index contributed by atoms with van der Waals surface area (Å²) in [4.78, 5) is 19.5. The molecule has 4 aromatic rings. The van der Waals surface area contributed by atoms with Crippen molar-refractivity contribution in [2.75, 3.05) is 6.54 Å². The summed E-state index contributed by atoms with van der Waals surface area (Å²) in [7, 11) is 0. The summed E-state index contributed by atoms with van der Waals surface area (Å²) < 4.78 is 37.5. The molecule has 11 heteroatoms. The van der Waals surface area contributed by atoms with E-state index in [0.29, 0.717) is 11.7 Å². The van der Waals surface area contributed by atoms with E-state index < -0.39 is 12.1 Å². The number of thiophene rings is 1. The highest BCUT2D eigenvalue weighted by Crippen LogP contribution is 2.39. The molecule has 0 saturated carbocycles. The zero-order valence-electron chi connectivity index (χ0n) is 18.8. The van der Waals surface area contributed by atoms with E-state index in [9.17, 15) is 13.2 Å². The molecule has 7 nitrogen and oxygen atoms in total. The number of hydrogen-bond donors (Lipinski definition) is 2. The first-order valence-electron chi connectivity index (χ1n) is 10.6. The molecule has 0 bridgehead atoms. The van der Waals surface area contributed by atoms with E-state index in [1.807, 2.05) is 19.2 Å². The fourth-order valence-corrected chi connectivity index (χ4v) is 4.74. The van der Waals surface area contributed by atoms with Crippen molar-refractivity contribution in [1.29, 1.82) is 0 Å². The number of carbonyl (C=O) groups is 1. The number of alkyl halides is 3. The smallest absolute Gasteiger partial charge is 0.475 e. The van der Waals surface area contributed by atoms with Gasteiger partial charge in [-0.25, -0.2) is 4.79 Å². The van der Waals surface area contributed by atoms with Crippen LogP contribution in [0.2, 0.25) is 0 Å². The number of benzene rings is 1. The number of nitrogens with one attached hydrogen (secondary N) is 1. The van der Waals surface area contributed by atoms with Crippen LogP contribution in [0.4, 0.5) is 13.2 Å². The van der Waals surface area contributed by atoms with Gasteiger partial charge >= 0.3 is 12.1 Å². The van der Waals surface area contributed by atoms with Crippen molar-refractivity contribution in [2.45, 2.75) is 33.0 Å². The number of carboxylic acids is 1. The Balaban J connectivity index is 0.000000364. The maximum atomic E-state index is 10.6. The lowest BCUT2D eigenvalue weighted by Crippen LogP contribution is -2.24. The van der Waals surface area contributed by atoms with Gasteiger partial charge in [-0.05, 0) is 43.5 Å². The van der Waals surface area contributed by atoms with Gasteiger partial charge in [0.2, 0.25) is 5.82 Å². The monoisotopic (exact) mass is 502 g/mol. The number of aryl methyl sites for hydroxylation is 2. The van der Waals surface area contributed by atoms with Crippen LogP contribution in [0.3, 0.4) is 0 Å². The van der Waals surface area contributed by atoms with Crippen LogP contribution in [0, 0.1) is 13.8 Å². The first-order valence-corrected chi connectivity index (χ1v) is 11.5. The summed E-state index contributed by atoms with van der Waals surface area (Å²) >= 11 is 1.70. The topological polar surface area (TPSA) is 101 Å². The van der Waals surface area contributed by atoms with Gasteiger partial charge in [-0.2, -0.15) is 18.2 Å². The molecule has 35 heavy (non-hydrogen) atoms. The molecule has 182 valence electrons. The second-order valence-electron chi connectivity index (χ2n) is 7.82. The fourth-order valence-electron chi connectivity index (χ4n) is 3.88. The maximum absolute atomic E-state index is 10.6. The zero-order valence-corrected chi connectivity index (χ0v) is 19.6. The van der Waals surface area contributed by atoms with Crippen LogP contribution in [-0.4, -0.2) is 38.9 Å². The van der Waals surface area contributed by atoms with E-state index in [4.69, 9.17) is 19.4 Å². The van der Waals surface area contributed by atoms with Crippen molar-refractivity contribution in [3.63, 3.8) is 0 Å². The van der Waals surface area contributed by atoms with Gasteiger partial charge in [-0.1, -0.05) is 35.5 Å². The van der Waals surface area contributed by atoms with E-state index in [2.05, 4.69) is 52.0 Å². The van der Waals surface area contributed by atoms with E-state index in [-0.39, 0.29) is 0 Å². The Morgan fingerprint density at radius 3 is 2.57 bits per heavy atom. The number of halogens is 3.